The number of carboxylic acids is 1. The summed E-state index contributed by atoms with van der Waals surface area (Å²) in [4.78, 5) is 19.8. The van der Waals surface area contributed by atoms with Crippen LogP contribution in [0.2, 0.25) is 0 Å². The largest absolute Gasteiger partial charge is 1.00 e. The fourth-order valence-corrected chi connectivity index (χ4v) is 0.415. The number of tetrazole rings is 1. The molecule has 0 atom stereocenters. The first-order valence-corrected chi connectivity index (χ1v) is 2.27. The monoisotopic (exact) mass is 221 g/mol. The standard InChI is InChI=1S/C2HN5O4.Cu/c8-2(9)1-3-4-5-6(1)7(10)11;/h(H,8,9);/q;+1/p-1. The van der Waals surface area contributed by atoms with E-state index < -0.39 is 16.8 Å². The van der Waals surface area contributed by atoms with Crippen molar-refractivity contribution in [2.75, 3.05) is 0 Å². The topological polar surface area (TPSA) is 127 Å². The van der Waals surface area contributed by atoms with Gasteiger partial charge in [-0.2, -0.15) is 0 Å². The normalized spacial score (nSPS) is 8.67. The third kappa shape index (κ3) is 1.74. The molecule has 1 aromatic rings. The molecule has 68 valence electrons. The minimum Gasteiger partial charge on any atom is -0.541 e. The molecular weight excluding hydrogens is 222 g/mol. The Morgan fingerprint density at radius 3 is 2.50 bits per heavy atom. The van der Waals surface area contributed by atoms with Crippen LogP contribution >= 0.6 is 0 Å². The number of hydrogen-bond acceptors (Lipinski definition) is 7. The van der Waals surface area contributed by atoms with Crippen molar-refractivity contribution in [2.45, 2.75) is 0 Å². The van der Waals surface area contributed by atoms with Crippen molar-refractivity contribution in [1.29, 1.82) is 0 Å². The molecule has 0 aliphatic rings. The van der Waals surface area contributed by atoms with Gasteiger partial charge in [-0.05, 0) is 0 Å². The summed E-state index contributed by atoms with van der Waals surface area (Å²) in [6.45, 7) is 0. The molecule has 0 amide bonds. The predicted molar refractivity (Wildman–Crippen MR) is 24.5 cm³/mol. The number of nitrogens with zero attached hydrogens (tertiary/aromatic N) is 5. The quantitative estimate of drug-likeness (QED) is 0.297. The van der Waals surface area contributed by atoms with Crippen LogP contribution < -0.4 is 5.11 Å². The third-order valence-electron chi connectivity index (χ3n) is 0.791. The molecule has 0 aliphatic heterocycles. The van der Waals surface area contributed by atoms with E-state index in [9.17, 15) is 20.0 Å². The molecular formula is C2CuN5O4. The molecule has 0 saturated heterocycles. The SMILES string of the molecule is O=C([O-])c1nnnn1[N+](=O)[O-].[Cu+]. The summed E-state index contributed by atoms with van der Waals surface area (Å²) >= 11 is 0. The molecule has 0 aliphatic carbocycles. The van der Waals surface area contributed by atoms with E-state index in [1.54, 1.807) is 0 Å². The Labute approximate surface area is 75.0 Å². The molecule has 1 heterocycles. The van der Waals surface area contributed by atoms with E-state index in [2.05, 4.69) is 15.5 Å². The molecule has 0 unspecified atom stereocenters. The van der Waals surface area contributed by atoms with Crippen molar-refractivity contribution in [3.63, 3.8) is 0 Å². The molecule has 1 aromatic heterocycles. The van der Waals surface area contributed by atoms with Gasteiger partial charge in [-0.15, -0.1) is 0 Å². The van der Waals surface area contributed by atoms with E-state index in [-0.39, 0.29) is 21.9 Å². The minimum absolute atomic E-state index is 0. The van der Waals surface area contributed by atoms with Crippen molar-refractivity contribution in [1.82, 2.24) is 20.3 Å². The van der Waals surface area contributed by atoms with Gasteiger partial charge in [-0.1, -0.05) is 5.10 Å². The first-order chi connectivity index (χ1) is 5.13. The van der Waals surface area contributed by atoms with E-state index in [0.717, 1.165) is 0 Å². The fourth-order valence-electron chi connectivity index (χ4n) is 0.415. The van der Waals surface area contributed by atoms with E-state index in [0.29, 0.717) is 0 Å². The van der Waals surface area contributed by atoms with Gasteiger partial charge < -0.3 is 20.0 Å². The third-order valence-corrected chi connectivity index (χ3v) is 0.791. The molecule has 0 N–H and O–H groups in total. The van der Waals surface area contributed by atoms with Gasteiger partial charge in [0.05, 0.1) is 9.82 Å². The van der Waals surface area contributed by atoms with Crippen LogP contribution in [-0.2, 0) is 17.1 Å². The Morgan fingerprint density at radius 1 is 1.58 bits per heavy atom. The van der Waals surface area contributed by atoms with Crippen LogP contribution in [0.4, 0.5) is 0 Å². The summed E-state index contributed by atoms with van der Waals surface area (Å²) in [5.74, 6) is -2.73. The Kier molecular flexibility index (Phi) is 3.26. The van der Waals surface area contributed by atoms with Gasteiger partial charge in [0.1, 0.15) is 11.2 Å². The summed E-state index contributed by atoms with van der Waals surface area (Å²) in [5.41, 5.74) is 0. The van der Waals surface area contributed by atoms with Crippen molar-refractivity contribution in [2.24, 2.45) is 0 Å². The number of aromatic carboxylic acids is 1. The molecule has 0 radical (unpaired) electrons. The molecule has 0 bridgehead atoms. The molecule has 1 rings (SSSR count). The van der Waals surface area contributed by atoms with Crippen LogP contribution in [0.15, 0.2) is 0 Å². The predicted octanol–water partition coefficient (Wildman–Crippen LogP) is -2.93. The average molecular weight is 222 g/mol. The number of hydrogen-bond donors (Lipinski definition) is 0. The maximum Gasteiger partial charge on any atom is 1.00 e. The van der Waals surface area contributed by atoms with Gasteiger partial charge in [0.25, 0.3) is 5.82 Å². The van der Waals surface area contributed by atoms with Gasteiger partial charge in [-0.3, -0.25) is 0 Å². The zero-order chi connectivity index (χ0) is 8.43. The summed E-state index contributed by atoms with van der Waals surface area (Å²) in [7, 11) is 0. The van der Waals surface area contributed by atoms with Gasteiger partial charge in [-0.25, -0.2) is 0 Å². The molecule has 9 nitrogen and oxygen atoms in total. The van der Waals surface area contributed by atoms with Crippen LogP contribution in [-0.4, -0.2) is 31.3 Å². The fraction of sp³-hybridized carbons (Fsp3) is 0. The molecule has 0 saturated carbocycles. The maximum atomic E-state index is 10.0. The van der Waals surface area contributed by atoms with Crippen LogP contribution in [0.25, 0.3) is 0 Å². The van der Waals surface area contributed by atoms with Gasteiger partial charge in [0, 0.05) is 0 Å². The number of aromatic nitrogens is 4. The number of carbonyl (C=O) groups excluding carboxylic acids is 1. The van der Waals surface area contributed by atoms with E-state index >= 15 is 0 Å². The number of rotatable bonds is 2. The zero-order valence-corrected chi connectivity index (χ0v) is 6.11. The molecule has 0 aromatic carbocycles. The number of nitro groups is 1. The van der Waals surface area contributed by atoms with Crippen LogP contribution in [0.5, 0.6) is 0 Å². The van der Waals surface area contributed by atoms with Gasteiger partial charge in [0.15, 0.2) is 0 Å². The Hall–Kier alpha value is -1.54. The Balaban J connectivity index is 0.00000121. The number of carboxylic acid groups (broad SMARTS) is 1. The summed E-state index contributed by atoms with van der Waals surface area (Å²) in [5, 5.41) is 27.2. The first-order valence-electron chi connectivity index (χ1n) is 2.27. The van der Waals surface area contributed by atoms with Gasteiger partial charge in [0.2, 0.25) is 5.21 Å². The van der Waals surface area contributed by atoms with Crippen LogP contribution in [0, 0.1) is 10.1 Å². The maximum absolute atomic E-state index is 10.0. The summed E-state index contributed by atoms with van der Waals surface area (Å²) < 4.78 is 0. The first kappa shape index (κ1) is 10.5. The average Bonchev–Trinajstić information content (AvgIpc) is 2.32. The van der Waals surface area contributed by atoms with Gasteiger partial charge >= 0.3 is 17.1 Å². The van der Waals surface area contributed by atoms with E-state index in [4.69, 9.17) is 0 Å². The molecule has 12 heavy (non-hydrogen) atoms. The Bertz CT molecular complexity index is 280. The van der Waals surface area contributed by atoms with Crippen molar-refractivity contribution < 1.29 is 32.0 Å². The molecule has 10 heteroatoms. The second-order valence-corrected chi connectivity index (χ2v) is 1.42. The second-order valence-electron chi connectivity index (χ2n) is 1.42. The molecule has 0 fully saturated rings. The van der Waals surface area contributed by atoms with Crippen LogP contribution in [0.1, 0.15) is 10.6 Å². The van der Waals surface area contributed by atoms with E-state index in [1.165, 1.54) is 0 Å². The smallest absolute Gasteiger partial charge is 0.541 e. The summed E-state index contributed by atoms with van der Waals surface area (Å²) in [6, 6.07) is 0. The van der Waals surface area contributed by atoms with Crippen molar-refractivity contribution >= 4 is 5.97 Å². The summed E-state index contributed by atoms with van der Waals surface area (Å²) in [6.07, 6.45) is 0. The Morgan fingerprint density at radius 2 is 2.17 bits per heavy atom. The minimum atomic E-state index is -1.80. The zero-order valence-electron chi connectivity index (χ0n) is 5.17. The van der Waals surface area contributed by atoms with E-state index in [1.807, 2.05) is 0 Å². The number of carbonyl (C=O) groups is 1. The van der Waals surface area contributed by atoms with Crippen molar-refractivity contribution in [3.8, 4) is 0 Å². The van der Waals surface area contributed by atoms with Crippen LogP contribution in [0.3, 0.4) is 0 Å². The second kappa shape index (κ2) is 3.74. The molecule has 0 spiro atoms. The van der Waals surface area contributed by atoms with Crippen molar-refractivity contribution in [3.05, 3.63) is 15.9 Å².